The van der Waals surface area contributed by atoms with E-state index in [2.05, 4.69) is 4.98 Å². The SMILES string of the molecule is CCc1ncc(B2OC(C)(C)C(C)(C)O2)cc1Cl. The Morgan fingerprint density at radius 1 is 1.22 bits per heavy atom. The Hall–Kier alpha value is -0.575. The highest BCUT2D eigenvalue weighted by Gasteiger charge is 2.51. The molecule has 1 aliphatic heterocycles. The lowest BCUT2D eigenvalue weighted by atomic mass is 9.80. The number of rotatable bonds is 2. The van der Waals surface area contributed by atoms with Gasteiger partial charge in [-0.3, -0.25) is 4.98 Å². The lowest BCUT2D eigenvalue weighted by molar-refractivity contribution is 0.00578. The van der Waals surface area contributed by atoms with Gasteiger partial charge >= 0.3 is 7.12 Å². The van der Waals surface area contributed by atoms with Crippen LogP contribution in [-0.2, 0) is 15.7 Å². The summed E-state index contributed by atoms with van der Waals surface area (Å²) >= 11 is 6.18. The van der Waals surface area contributed by atoms with Crippen LogP contribution in [0.1, 0.15) is 40.3 Å². The number of pyridine rings is 1. The summed E-state index contributed by atoms with van der Waals surface area (Å²) in [5.74, 6) is 0. The summed E-state index contributed by atoms with van der Waals surface area (Å²) in [7, 11) is -0.397. The van der Waals surface area contributed by atoms with Crippen LogP contribution in [0, 0.1) is 0 Å². The topological polar surface area (TPSA) is 31.4 Å². The monoisotopic (exact) mass is 267 g/mol. The molecule has 1 aromatic heterocycles. The second-order valence-electron chi connectivity index (χ2n) is 5.64. The Morgan fingerprint density at radius 2 is 1.78 bits per heavy atom. The van der Waals surface area contributed by atoms with E-state index in [1.165, 1.54) is 0 Å². The van der Waals surface area contributed by atoms with Crippen molar-refractivity contribution in [3.63, 3.8) is 0 Å². The fourth-order valence-electron chi connectivity index (χ4n) is 1.85. The van der Waals surface area contributed by atoms with Gasteiger partial charge in [-0.2, -0.15) is 0 Å². The third-order valence-corrected chi connectivity index (χ3v) is 4.13. The average Bonchev–Trinajstić information content (AvgIpc) is 2.48. The quantitative estimate of drug-likeness (QED) is 0.772. The van der Waals surface area contributed by atoms with Gasteiger partial charge in [0.1, 0.15) is 0 Å². The van der Waals surface area contributed by atoms with Gasteiger partial charge in [0.2, 0.25) is 0 Å². The van der Waals surface area contributed by atoms with E-state index in [1.54, 1.807) is 6.20 Å². The summed E-state index contributed by atoms with van der Waals surface area (Å²) < 4.78 is 11.9. The Balaban J connectivity index is 2.27. The molecule has 0 amide bonds. The maximum absolute atomic E-state index is 6.18. The van der Waals surface area contributed by atoms with E-state index in [0.29, 0.717) is 5.02 Å². The van der Waals surface area contributed by atoms with E-state index in [4.69, 9.17) is 20.9 Å². The molecule has 98 valence electrons. The van der Waals surface area contributed by atoms with E-state index in [0.717, 1.165) is 17.6 Å². The molecule has 0 N–H and O–H groups in total. The van der Waals surface area contributed by atoms with Gasteiger partial charge in [-0.15, -0.1) is 0 Å². The summed E-state index contributed by atoms with van der Waals surface area (Å²) in [5, 5.41) is 0.671. The lowest BCUT2D eigenvalue weighted by Gasteiger charge is -2.32. The van der Waals surface area contributed by atoms with Gasteiger partial charge in [-0.05, 0) is 40.2 Å². The number of halogens is 1. The van der Waals surface area contributed by atoms with Crippen molar-refractivity contribution in [2.24, 2.45) is 0 Å². The van der Waals surface area contributed by atoms with E-state index >= 15 is 0 Å². The van der Waals surface area contributed by atoms with Gasteiger partial charge in [0, 0.05) is 11.7 Å². The number of hydrogen-bond acceptors (Lipinski definition) is 3. The van der Waals surface area contributed by atoms with E-state index < -0.39 is 7.12 Å². The molecule has 2 heterocycles. The standard InChI is InChI=1S/C13H19BClNO2/c1-6-11-10(15)7-9(8-16-11)14-17-12(2,3)13(4,5)18-14/h7-8H,6H2,1-5H3. The smallest absolute Gasteiger partial charge is 0.399 e. The molecule has 1 fully saturated rings. The zero-order valence-electron chi connectivity index (χ0n) is 11.6. The van der Waals surface area contributed by atoms with Crippen LogP contribution in [0.4, 0.5) is 0 Å². The predicted molar refractivity (Wildman–Crippen MR) is 74.3 cm³/mol. The molecule has 2 rings (SSSR count). The Kier molecular flexibility index (Phi) is 3.47. The summed E-state index contributed by atoms with van der Waals surface area (Å²) in [6.45, 7) is 10.2. The number of aryl methyl sites for hydroxylation is 1. The van der Waals surface area contributed by atoms with Gasteiger partial charge in [0.05, 0.1) is 21.9 Å². The molecule has 1 aliphatic rings. The van der Waals surface area contributed by atoms with E-state index in [-0.39, 0.29) is 11.2 Å². The fraction of sp³-hybridized carbons (Fsp3) is 0.615. The molecule has 0 atom stereocenters. The molecule has 0 spiro atoms. The van der Waals surface area contributed by atoms with Crippen LogP contribution in [0.25, 0.3) is 0 Å². The summed E-state index contributed by atoms with van der Waals surface area (Å²) in [4.78, 5) is 4.34. The summed E-state index contributed by atoms with van der Waals surface area (Å²) in [6, 6.07) is 1.88. The van der Waals surface area contributed by atoms with Crippen molar-refractivity contribution < 1.29 is 9.31 Å². The fourth-order valence-corrected chi connectivity index (χ4v) is 2.16. The molecule has 0 bridgehead atoms. The number of nitrogens with zero attached hydrogens (tertiary/aromatic N) is 1. The average molecular weight is 268 g/mol. The Labute approximate surface area is 114 Å². The first-order chi connectivity index (χ1) is 8.27. The number of hydrogen-bond donors (Lipinski definition) is 0. The molecule has 18 heavy (non-hydrogen) atoms. The van der Waals surface area contributed by atoms with Gasteiger partial charge in [0.15, 0.2) is 0 Å². The molecule has 0 unspecified atom stereocenters. The van der Waals surface area contributed by atoms with Crippen LogP contribution in [0.3, 0.4) is 0 Å². The lowest BCUT2D eigenvalue weighted by Crippen LogP contribution is -2.41. The molecule has 3 nitrogen and oxygen atoms in total. The molecule has 1 aromatic rings. The highest BCUT2D eigenvalue weighted by molar-refractivity contribution is 6.62. The Morgan fingerprint density at radius 3 is 2.22 bits per heavy atom. The molecule has 1 saturated heterocycles. The highest BCUT2D eigenvalue weighted by Crippen LogP contribution is 2.36. The molecule has 0 saturated carbocycles. The van der Waals surface area contributed by atoms with Crippen LogP contribution in [0.15, 0.2) is 12.3 Å². The zero-order chi connectivity index (χ0) is 13.6. The van der Waals surface area contributed by atoms with E-state index in [1.807, 2.05) is 40.7 Å². The molecule has 0 aromatic carbocycles. The van der Waals surface area contributed by atoms with Crippen LogP contribution in [0.5, 0.6) is 0 Å². The zero-order valence-corrected chi connectivity index (χ0v) is 12.3. The largest absolute Gasteiger partial charge is 0.496 e. The first-order valence-corrected chi connectivity index (χ1v) is 6.64. The van der Waals surface area contributed by atoms with Crippen LogP contribution < -0.4 is 5.46 Å². The Bertz CT molecular complexity index is 446. The van der Waals surface area contributed by atoms with Crippen molar-refractivity contribution in [3.8, 4) is 0 Å². The first-order valence-electron chi connectivity index (χ1n) is 6.27. The second-order valence-corrected chi connectivity index (χ2v) is 6.05. The molecule has 0 aliphatic carbocycles. The maximum atomic E-state index is 6.18. The van der Waals surface area contributed by atoms with Crippen molar-refractivity contribution in [1.82, 2.24) is 4.98 Å². The highest BCUT2D eigenvalue weighted by atomic mass is 35.5. The van der Waals surface area contributed by atoms with Crippen molar-refractivity contribution in [1.29, 1.82) is 0 Å². The summed E-state index contributed by atoms with van der Waals surface area (Å²) in [6.07, 6.45) is 2.61. The van der Waals surface area contributed by atoms with Crippen LogP contribution in [0.2, 0.25) is 5.02 Å². The minimum absolute atomic E-state index is 0.340. The minimum Gasteiger partial charge on any atom is -0.399 e. The maximum Gasteiger partial charge on any atom is 0.496 e. The van der Waals surface area contributed by atoms with Crippen molar-refractivity contribution in [2.45, 2.75) is 52.2 Å². The third-order valence-electron chi connectivity index (χ3n) is 3.80. The molecule has 0 radical (unpaired) electrons. The van der Waals surface area contributed by atoms with Crippen molar-refractivity contribution in [2.75, 3.05) is 0 Å². The first kappa shape index (κ1) is 13.8. The van der Waals surface area contributed by atoms with Gasteiger partial charge in [-0.1, -0.05) is 18.5 Å². The van der Waals surface area contributed by atoms with Crippen molar-refractivity contribution >= 4 is 24.2 Å². The normalized spacial score (nSPS) is 21.3. The van der Waals surface area contributed by atoms with Gasteiger partial charge in [0.25, 0.3) is 0 Å². The van der Waals surface area contributed by atoms with Gasteiger partial charge < -0.3 is 9.31 Å². The van der Waals surface area contributed by atoms with Crippen molar-refractivity contribution in [3.05, 3.63) is 23.0 Å². The minimum atomic E-state index is -0.397. The van der Waals surface area contributed by atoms with Crippen LogP contribution >= 0.6 is 11.6 Å². The van der Waals surface area contributed by atoms with E-state index in [9.17, 15) is 0 Å². The van der Waals surface area contributed by atoms with Crippen LogP contribution in [-0.4, -0.2) is 23.3 Å². The summed E-state index contributed by atoms with van der Waals surface area (Å²) in [5.41, 5.74) is 1.09. The van der Waals surface area contributed by atoms with Gasteiger partial charge in [-0.25, -0.2) is 0 Å². The molecular formula is C13H19BClNO2. The third kappa shape index (κ3) is 2.29. The number of aromatic nitrogens is 1. The predicted octanol–water partition coefficient (Wildman–Crippen LogP) is 2.60. The second kappa shape index (κ2) is 4.51. The molecular weight excluding hydrogens is 248 g/mol. The molecule has 5 heteroatoms.